The number of likely N-dealkylation sites (N-methyl/N-ethyl adjacent to an activating group) is 1. The van der Waals surface area contributed by atoms with Crippen molar-refractivity contribution >= 4 is 23.9 Å². The van der Waals surface area contributed by atoms with Crippen molar-refractivity contribution in [1.82, 2.24) is 15.5 Å². The molecule has 0 heterocycles. The summed E-state index contributed by atoms with van der Waals surface area (Å²) in [5.74, 6) is 0.971. The second kappa shape index (κ2) is 14.6. The number of esters is 1. The molecule has 0 spiro atoms. The van der Waals surface area contributed by atoms with Gasteiger partial charge < -0.3 is 30.1 Å². The summed E-state index contributed by atoms with van der Waals surface area (Å²) in [7, 11) is 1.44. The maximum Gasteiger partial charge on any atom is 0.408 e. The van der Waals surface area contributed by atoms with Gasteiger partial charge in [0.15, 0.2) is 0 Å². The molecule has 3 N–H and O–H groups in total. The second-order valence-electron chi connectivity index (χ2n) is 10.00. The van der Waals surface area contributed by atoms with E-state index < -0.39 is 41.6 Å². The zero-order valence-corrected chi connectivity index (χ0v) is 23.5. The molecule has 0 bridgehead atoms. The number of amides is 3. The minimum absolute atomic E-state index is 0.0124. The van der Waals surface area contributed by atoms with Crippen LogP contribution in [0, 0.1) is 12.3 Å². The Kier molecular flexibility index (Phi) is 11.6. The number of benzene rings is 2. The van der Waals surface area contributed by atoms with Crippen LogP contribution in [0.1, 0.15) is 56.8 Å². The Morgan fingerprint density at radius 2 is 1.73 bits per heavy atom. The van der Waals surface area contributed by atoms with E-state index in [1.807, 2.05) is 0 Å². The first kappa shape index (κ1) is 31.7. The van der Waals surface area contributed by atoms with E-state index in [1.165, 1.54) is 24.1 Å². The molecular weight excluding hydrogens is 514 g/mol. The molecule has 2 aromatic rings. The van der Waals surface area contributed by atoms with Crippen molar-refractivity contribution in [3.8, 4) is 18.1 Å². The highest BCUT2D eigenvalue weighted by Gasteiger charge is 2.35. The van der Waals surface area contributed by atoms with Crippen molar-refractivity contribution in [2.24, 2.45) is 0 Å². The standard InChI is InChI=1S/C30H37N3O7/c1-7-21-11-9-10-12-23(21)26(27(36)31-18-17-25(35)39-8-2)33(6)28(37)24(32-29(38)40-30(3,4)5)19-20-13-15-22(34)16-14-20/h1,9-16,24,26,34H,8,17-19H2,2-6H3,(H,31,36)(H,32,38). The third kappa shape index (κ3) is 9.66. The van der Waals surface area contributed by atoms with Crippen molar-refractivity contribution in [3.05, 3.63) is 65.2 Å². The Bertz CT molecular complexity index is 1230. The Hall–Kier alpha value is -4.52. The lowest BCUT2D eigenvalue weighted by molar-refractivity contribution is -0.143. The molecule has 0 aliphatic rings. The number of hydrogen-bond donors (Lipinski definition) is 3. The van der Waals surface area contributed by atoms with E-state index in [9.17, 15) is 24.3 Å². The molecule has 10 heteroatoms. The van der Waals surface area contributed by atoms with Gasteiger partial charge in [-0.2, -0.15) is 0 Å². The first-order valence-electron chi connectivity index (χ1n) is 12.9. The highest BCUT2D eigenvalue weighted by molar-refractivity contribution is 5.92. The number of phenolic OH excluding ortho intramolecular Hbond substituents is 1. The summed E-state index contributed by atoms with van der Waals surface area (Å²) in [6, 6.07) is 10.6. The largest absolute Gasteiger partial charge is 0.508 e. The van der Waals surface area contributed by atoms with E-state index in [4.69, 9.17) is 15.9 Å². The van der Waals surface area contributed by atoms with Crippen LogP contribution in [-0.4, -0.2) is 65.7 Å². The number of phenols is 1. The second-order valence-corrected chi connectivity index (χ2v) is 10.00. The molecule has 0 aromatic heterocycles. The summed E-state index contributed by atoms with van der Waals surface area (Å²) in [5.41, 5.74) is 0.646. The Balaban J connectivity index is 2.41. The molecule has 2 aromatic carbocycles. The Morgan fingerprint density at radius 3 is 2.33 bits per heavy atom. The molecule has 0 aliphatic carbocycles. The SMILES string of the molecule is C#Cc1ccccc1C(C(=O)NCCC(=O)OCC)N(C)C(=O)C(Cc1ccc(O)cc1)NC(=O)OC(C)(C)C. The van der Waals surface area contributed by atoms with Crippen molar-refractivity contribution in [1.29, 1.82) is 0 Å². The number of rotatable bonds is 11. The van der Waals surface area contributed by atoms with Gasteiger partial charge in [-0.15, -0.1) is 6.42 Å². The molecule has 3 amide bonds. The maximum atomic E-state index is 13.9. The fraction of sp³-hybridized carbons (Fsp3) is 0.400. The molecule has 2 atom stereocenters. The summed E-state index contributed by atoms with van der Waals surface area (Å²) >= 11 is 0. The van der Waals surface area contributed by atoms with Crippen LogP contribution in [0.5, 0.6) is 5.75 Å². The van der Waals surface area contributed by atoms with Crippen molar-refractivity contribution in [3.63, 3.8) is 0 Å². The molecule has 214 valence electrons. The quantitative estimate of drug-likeness (QED) is 0.289. The van der Waals surface area contributed by atoms with Crippen LogP contribution in [0.4, 0.5) is 4.79 Å². The van der Waals surface area contributed by atoms with E-state index in [1.54, 1.807) is 64.1 Å². The van der Waals surface area contributed by atoms with Gasteiger partial charge >= 0.3 is 12.1 Å². The maximum absolute atomic E-state index is 13.9. The van der Waals surface area contributed by atoms with Crippen LogP contribution in [0.2, 0.25) is 0 Å². The van der Waals surface area contributed by atoms with E-state index >= 15 is 0 Å². The topological polar surface area (TPSA) is 134 Å². The fourth-order valence-electron chi connectivity index (χ4n) is 3.90. The van der Waals surface area contributed by atoms with Crippen molar-refractivity contribution < 1.29 is 33.8 Å². The number of nitrogens with zero attached hydrogens (tertiary/aromatic N) is 1. The highest BCUT2D eigenvalue weighted by atomic mass is 16.6. The molecule has 2 unspecified atom stereocenters. The Morgan fingerprint density at radius 1 is 1.07 bits per heavy atom. The number of ether oxygens (including phenoxy) is 2. The fourth-order valence-corrected chi connectivity index (χ4v) is 3.90. The zero-order valence-electron chi connectivity index (χ0n) is 23.5. The molecule has 10 nitrogen and oxygen atoms in total. The summed E-state index contributed by atoms with van der Waals surface area (Å²) in [6.45, 7) is 6.98. The minimum atomic E-state index is -1.18. The lowest BCUT2D eigenvalue weighted by Gasteiger charge is -2.32. The number of nitrogens with one attached hydrogen (secondary N) is 2. The number of alkyl carbamates (subject to hydrolysis) is 1. The predicted molar refractivity (Wildman–Crippen MR) is 149 cm³/mol. The molecule has 0 fully saturated rings. The van der Waals surface area contributed by atoms with E-state index in [-0.39, 0.29) is 31.7 Å². The summed E-state index contributed by atoms with van der Waals surface area (Å²) in [5, 5.41) is 14.9. The predicted octanol–water partition coefficient (Wildman–Crippen LogP) is 3.08. The van der Waals surface area contributed by atoms with E-state index in [2.05, 4.69) is 16.6 Å². The van der Waals surface area contributed by atoms with Gasteiger partial charge in [0.05, 0.1) is 13.0 Å². The number of hydrogen-bond acceptors (Lipinski definition) is 7. The highest BCUT2D eigenvalue weighted by Crippen LogP contribution is 2.25. The van der Waals surface area contributed by atoms with Gasteiger partial charge in [-0.05, 0) is 57.0 Å². The molecule has 0 aliphatic heterocycles. The van der Waals surface area contributed by atoms with Crippen LogP contribution >= 0.6 is 0 Å². The van der Waals surface area contributed by atoms with Gasteiger partial charge in [0.25, 0.3) is 0 Å². The summed E-state index contributed by atoms with van der Waals surface area (Å²) < 4.78 is 10.3. The smallest absolute Gasteiger partial charge is 0.408 e. The first-order chi connectivity index (χ1) is 18.9. The number of carbonyl (C=O) groups excluding carboxylic acids is 4. The van der Waals surface area contributed by atoms with Gasteiger partial charge in [0.1, 0.15) is 23.4 Å². The Labute approximate surface area is 235 Å². The number of carbonyl (C=O) groups is 4. The summed E-state index contributed by atoms with van der Waals surface area (Å²) in [6.07, 6.45) is 4.89. The van der Waals surface area contributed by atoms with Crippen LogP contribution in [0.3, 0.4) is 0 Å². The first-order valence-corrected chi connectivity index (χ1v) is 12.9. The van der Waals surface area contributed by atoms with Gasteiger partial charge in [-0.3, -0.25) is 14.4 Å². The van der Waals surface area contributed by atoms with Crippen molar-refractivity contribution in [2.45, 2.75) is 58.2 Å². The van der Waals surface area contributed by atoms with Crippen LogP contribution in [-0.2, 0) is 30.3 Å². The average Bonchev–Trinajstić information content (AvgIpc) is 2.88. The zero-order chi connectivity index (χ0) is 29.9. The van der Waals surface area contributed by atoms with Gasteiger partial charge in [0.2, 0.25) is 11.8 Å². The molecular formula is C30H37N3O7. The van der Waals surface area contributed by atoms with Gasteiger partial charge in [-0.1, -0.05) is 36.3 Å². The lowest BCUT2D eigenvalue weighted by atomic mass is 9.97. The molecule has 40 heavy (non-hydrogen) atoms. The van der Waals surface area contributed by atoms with Crippen LogP contribution in [0.15, 0.2) is 48.5 Å². The number of aromatic hydroxyl groups is 1. The van der Waals surface area contributed by atoms with Gasteiger partial charge in [0, 0.05) is 25.6 Å². The third-order valence-electron chi connectivity index (χ3n) is 5.69. The monoisotopic (exact) mass is 551 g/mol. The summed E-state index contributed by atoms with van der Waals surface area (Å²) in [4.78, 5) is 53.0. The average molecular weight is 552 g/mol. The van der Waals surface area contributed by atoms with Crippen LogP contribution < -0.4 is 10.6 Å². The normalized spacial score (nSPS) is 12.3. The van der Waals surface area contributed by atoms with Crippen LogP contribution in [0.25, 0.3) is 0 Å². The van der Waals surface area contributed by atoms with Gasteiger partial charge in [-0.25, -0.2) is 4.79 Å². The molecule has 0 saturated carbocycles. The third-order valence-corrected chi connectivity index (χ3v) is 5.69. The van der Waals surface area contributed by atoms with E-state index in [0.717, 1.165) is 0 Å². The lowest BCUT2D eigenvalue weighted by Crippen LogP contribution is -2.52. The number of terminal acetylenes is 1. The van der Waals surface area contributed by atoms with E-state index in [0.29, 0.717) is 16.7 Å². The van der Waals surface area contributed by atoms with Crippen molar-refractivity contribution in [2.75, 3.05) is 20.2 Å². The molecule has 0 radical (unpaired) electrons. The molecule has 2 rings (SSSR count). The molecule has 0 saturated heterocycles. The minimum Gasteiger partial charge on any atom is -0.508 e.